The van der Waals surface area contributed by atoms with E-state index in [9.17, 15) is 0 Å². The minimum Gasteiger partial charge on any atom is -0.216 e. The number of aromatic nitrogens is 4. The average molecular weight is 345 g/mol. The van der Waals surface area contributed by atoms with E-state index in [1.807, 2.05) is 36.2 Å². The van der Waals surface area contributed by atoms with Crippen molar-refractivity contribution in [2.75, 3.05) is 5.75 Å². The molecule has 2 heterocycles. The van der Waals surface area contributed by atoms with Gasteiger partial charge in [-0.3, -0.25) is 0 Å². The van der Waals surface area contributed by atoms with Crippen LogP contribution in [0.15, 0.2) is 46.5 Å². The van der Waals surface area contributed by atoms with Gasteiger partial charge < -0.3 is 0 Å². The van der Waals surface area contributed by atoms with E-state index in [1.165, 1.54) is 4.90 Å². The highest BCUT2D eigenvalue weighted by Crippen LogP contribution is 2.26. The van der Waals surface area contributed by atoms with Gasteiger partial charge in [0.25, 0.3) is 5.78 Å². The van der Waals surface area contributed by atoms with Gasteiger partial charge in [0.05, 0.1) is 0 Å². The number of rotatable bonds is 6. The molecular formula is C17H20N4S2. The number of aryl methyl sites for hydroxylation is 2. The quantitative estimate of drug-likeness (QED) is 0.620. The number of hydrogen-bond acceptors (Lipinski definition) is 5. The fourth-order valence-corrected chi connectivity index (χ4v) is 4.36. The molecule has 0 spiro atoms. The van der Waals surface area contributed by atoms with Crippen LogP contribution in [0.4, 0.5) is 0 Å². The van der Waals surface area contributed by atoms with Crippen molar-refractivity contribution >= 4 is 29.3 Å². The van der Waals surface area contributed by atoms with Crippen molar-refractivity contribution in [3.8, 4) is 0 Å². The summed E-state index contributed by atoms with van der Waals surface area (Å²) in [4.78, 5) is 10.3. The first-order chi connectivity index (χ1) is 11.1. The van der Waals surface area contributed by atoms with Crippen molar-refractivity contribution in [1.82, 2.24) is 19.6 Å². The van der Waals surface area contributed by atoms with Crippen LogP contribution in [0, 0.1) is 13.8 Å². The van der Waals surface area contributed by atoms with Crippen molar-refractivity contribution in [1.29, 1.82) is 0 Å². The maximum Gasteiger partial charge on any atom is 0.253 e. The lowest BCUT2D eigenvalue weighted by Crippen LogP contribution is -1.99. The zero-order chi connectivity index (χ0) is 16.2. The van der Waals surface area contributed by atoms with E-state index in [2.05, 4.69) is 52.3 Å². The molecule has 23 heavy (non-hydrogen) atoms. The third-order valence-corrected chi connectivity index (χ3v) is 5.51. The fraction of sp³-hybridized carbons (Fsp3) is 0.353. The maximum absolute atomic E-state index is 4.56. The molecule has 1 atom stereocenters. The Bertz CT molecular complexity index is 786. The summed E-state index contributed by atoms with van der Waals surface area (Å²) in [5, 5.41) is 5.84. The Hall–Kier alpha value is -1.53. The Morgan fingerprint density at radius 3 is 2.70 bits per heavy atom. The minimum absolute atomic E-state index is 0.477. The molecule has 0 unspecified atom stereocenters. The van der Waals surface area contributed by atoms with E-state index < -0.39 is 0 Å². The normalized spacial score (nSPS) is 12.7. The van der Waals surface area contributed by atoms with Gasteiger partial charge in [0.15, 0.2) is 0 Å². The molecule has 0 fully saturated rings. The van der Waals surface area contributed by atoms with Crippen molar-refractivity contribution in [2.45, 2.75) is 42.5 Å². The fourth-order valence-electron chi connectivity index (χ4n) is 2.30. The molecule has 0 saturated carbocycles. The summed E-state index contributed by atoms with van der Waals surface area (Å²) in [5.74, 6) is 1.79. The van der Waals surface area contributed by atoms with E-state index in [1.54, 1.807) is 11.8 Å². The topological polar surface area (TPSA) is 43.1 Å². The second-order valence-corrected chi connectivity index (χ2v) is 8.10. The van der Waals surface area contributed by atoms with Gasteiger partial charge in [0.2, 0.25) is 5.16 Å². The molecule has 3 rings (SSSR count). The van der Waals surface area contributed by atoms with Gasteiger partial charge in [0.1, 0.15) is 0 Å². The lowest BCUT2D eigenvalue weighted by molar-refractivity contribution is 0.835. The van der Waals surface area contributed by atoms with Crippen molar-refractivity contribution in [2.24, 2.45) is 0 Å². The predicted molar refractivity (Wildman–Crippen MR) is 97.4 cm³/mol. The molecule has 0 amide bonds. The van der Waals surface area contributed by atoms with E-state index in [0.717, 1.165) is 28.7 Å². The van der Waals surface area contributed by atoms with E-state index in [0.29, 0.717) is 11.0 Å². The number of fused-ring (bicyclic) bond motifs is 1. The van der Waals surface area contributed by atoms with Gasteiger partial charge in [0, 0.05) is 21.5 Å². The molecule has 1 aromatic carbocycles. The van der Waals surface area contributed by atoms with Gasteiger partial charge in [-0.05, 0) is 44.2 Å². The third kappa shape index (κ3) is 4.26. The molecular weight excluding hydrogens is 324 g/mol. The lowest BCUT2D eigenvalue weighted by atomic mass is 10.4. The molecule has 4 nitrogen and oxygen atoms in total. The molecule has 0 saturated heterocycles. The van der Waals surface area contributed by atoms with Crippen LogP contribution in [0.2, 0.25) is 0 Å². The smallest absolute Gasteiger partial charge is 0.216 e. The highest BCUT2D eigenvalue weighted by atomic mass is 32.2. The van der Waals surface area contributed by atoms with Crippen LogP contribution in [0.3, 0.4) is 0 Å². The zero-order valence-electron chi connectivity index (χ0n) is 13.6. The van der Waals surface area contributed by atoms with Gasteiger partial charge in [-0.15, -0.1) is 16.9 Å². The second-order valence-electron chi connectivity index (χ2n) is 5.52. The standard InChI is InChI=1S/C17H20N4S2/c1-12-11-13(2)21-16(18-12)19-17(20-21)23-14(3)9-10-22-15-7-5-4-6-8-15/h4-8,11,14H,9-10H2,1-3H3/t14-/m0/s1. The largest absolute Gasteiger partial charge is 0.253 e. The molecule has 0 aliphatic carbocycles. The summed E-state index contributed by atoms with van der Waals surface area (Å²) in [6.07, 6.45) is 1.12. The number of nitrogens with zero attached hydrogens (tertiary/aromatic N) is 4. The van der Waals surface area contributed by atoms with Gasteiger partial charge in [-0.1, -0.05) is 36.9 Å². The summed E-state index contributed by atoms with van der Waals surface area (Å²) in [5.41, 5.74) is 2.05. The zero-order valence-corrected chi connectivity index (χ0v) is 15.2. The van der Waals surface area contributed by atoms with Gasteiger partial charge in [-0.25, -0.2) is 9.50 Å². The van der Waals surface area contributed by atoms with Crippen LogP contribution in [0.25, 0.3) is 5.78 Å². The summed E-state index contributed by atoms with van der Waals surface area (Å²) in [6, 6.07) is 12.5. The molecule has 0 aliphatic rings. The molecule has 6 heteroatoms. The summed E-state index contributed by atoms with van der Waals surface area (Å²) < 4.78 is 1.82. The number of thioether (sulfide) groups is 2. The van der Waals surface area contributed by atoms with Gasteiger partial charge >= 0.3 is 0 Å². The molecule has 0 bridgehead atoms. The molecule has 0 radical (unpaired) electrons. The van der Waals surface area contributed by atoms with Crippen molar-refractivity contribution in [3.63, 3.8) is 0 Å². The van der Waals surface area contributed by atoms with Gasteiger partial charge in [-0.2, -0.15) is 4.98 Å². The first-order valence-electron chi connectivity index (χ1n) is 7.67. The Labute approximate surface area is 145 Å². The van der Waals surface area contributed by atoms with Crippen LogP contribution in [0.1, 0.15) is 24.7 Å². The van der Waals surface area contributed by atoms with Crippen molar-refractivity contribution in [3.05, 3.63) is 47.8 Å². The second kappa shape index (κ2) is 7.36. The molecule has 120 valence electrons. The lowest BCUT2D eigenvalue weighted by Gasteiger charge is -2.08. The Balaban J connectivity index is 1.57. The number of hydrogen-bond donors (Lipinski definition) is 0. The number of benzene rings is 1. The van der Waals surface area contributed by atoms with E-state index >= 15 is 0 Å². The maximum atomic E-state index is 4.56. The highest BCUT2D eigenvalue weighted by Gasteiger charge is 2.12. The van der Waals surface area contributed by atoms with Crippen LogP contribution in [-0.2, 0) is 0 Å². The first-order valence-corrected chi connectivity index (χ1v) is 9.54. The van der Waals surface area contributed by atoms with Crippen LogP contribution >= 0.6 is 23.5 Å². The third-order valence-electron chi connectivity index (χ3n) is 3.44. The first kappa shape index (κ1) is 16.3. The van der Waals surface area contributed by atoms with Crippen molar-refractivity contribution < 1.29 is 0 Å². The Kier molecular flexibility index (Phi) is 5.23. The summed E-state index contributed by atoms with van der Waals surface area (Å²) in [7, 11) is 0. The van der Waals surface area contributed by atoms with Crippen LogP contribution in [0.5, 0.6) is 0 Å². The Morgan fingerprint density at radius 1 is 1.13 bits per heavy atom. The summed E-state index contributed by atoms with van der Waals surface area (Å²) >= 11 is 3.62. The van der Waals surface area contributed by atoms with E-state index in [4.69, 9.17) is 0 Å². The average Bonchev–Trinajstić information content (AvgIpc) is 2.91. The van der Waals surface area contributed by atoms with Crippen LogP contribution in [-0.4, -0.2) is 30.6 Å². The predicted octanol–water partition coefficient (Wildman–Crippen LogP) is 4.40. The summed E-state index contributed by atoms with van der Waals surface area (Å²) in [6.45, 7) is 6.25. The molecule has 3 aromatic rings. The molecule has 2 aromatic heterocycles. The van der Waals surface area contributed by atoms with E-state index in [-0.39, 0.29) is 0 Å². The Morgan fingerprint density at radius 2 is 1.91 bits per heavy atom. The molecule has 0 aliphatic heterocycles. The monoisotopic (exact) mass is 344 g/mol. The minimum atomic E-state index is 0.477. The van der Waals surface area contributed by atoms with Crippen LogP contribution < -0.4 is 0 Å². The highest BCUT2D eigenvalue weighted by molar-refractivity contribution is 8.00. The SMILES string of the molecule is Cc1cc(C)n2nc(S[C@@H](C)CCSc3ccccc3)nc2n1. The molecule has 0 N–H and O–H groups in total.